The molecule has 1 aromatic carbocycles. The predicted molar refractivity (Wildman–Crippen MR) is 87.6 cm³/mol. The molecule has 0 spiro atoms. The number of hydrogen-bond acceptors (Lipinski definition) is 5. The van der Waals surface area contributed by atoms with Crippen LogP contribution in [0.4, 0.5) is 0 Å². The lowest BCUT2D eigenvalue weighted by Crippen LogP contribution is -2.46. The van der Waals surface area contributed by atoms with Crippen molar-refractivity contribution in [1.82, 2.24) is 4.90 Å². The molecule has 6 heteroatoms. The number of carbonyl (C=O) groups excluding carboxylic acids is 3. The van der Waals surface area contributed by atoms with E-state index in [1.807, 2.05) is 24.3 Å². The molecule has 1 aromatic rings. The minimum atomic E-state index is -0.726. The van der Waals surface area contributed by atoms with E-state index >= 15 is 0 Å². The van der Waals surface area contributed by atoms with E-state index in [1.54, 1.807) is 14.0 Å². The number of likely N-dealkylation sites (tertiary alicyclic amines) is 1. The molecule has 0 aromatic heterocycles. The maximum absolute atomic E-state index is 12.3. The number of rotatable bonds is 6. The number of esters is 1. The molecule has 0 radical (unpaired) electrons. The van der Waals surface area contributed by atoms with Gasteiger partial charge in [-0.1, -0.05) is 12.1 Å². The molecular weight excluding hydrogens is 310 g/mol. The average molecular weight is 333 g/mol. The molecule has 1 fully saturated rings. The number of ether oxygens (including phenoxy) is 2. The number of methoxy groups -OCH3 is 1. The first-order valence-corrected chi connectivity index (χ1v) is 8.15. The second-order valence-electron chi connectivity index (χ2n) is 5.72. The third-order valence-electron chi connectivity index (χ3n) is 4.13. The van der Waals surface area contributed by atoms with E-state index in [-0.39, 0.29) is 24.8 Å². The summed E-state index contributed by atoms with van der Waals surface area (Å²) in [5, 5.41) is 0. The van der Waals surface area contributed by atoms with Gasteiger partial charge in [0.2, 0.25) is 5.91 Å². The Morgan fingerprint density at radius 2 is 1.96 bits per heavy atom. The minimum absolute atomic E-state index is 0.00900. The molecule has 2 rings (SSSR count). The van der Waals surface area contributed by atoms with Crippen molar-refractivity contribution in [2.75, 3.05) is 26.8 Å². The Bertz CT molecular complexity index is 596. The molecule has 6 nitrogen and oxygen atoms in total. The lowest BCUT2D eigenvalue weighted by atomic mass is 9.95. The third kappa shape index (κ3) is 4.57. The van der Waals surface area contributed by atoms with Crippen LogP contribution in [0.15, 0.2) is 24.3 Å². The second kappa shape index (κ2) is 8.47. The number of ketones is 1. The van der Waals surface area contributed by atoms with Crippen LogP contribution in [0.5, 0.6) is 5.75 Å². The summed E-state index contributed by atoms with van der Waals surface area (Å²) in [7, 11) is 1.61. The number of Topliss-reactive ketones (excluding diaryl/α,β-unsaturated/α-hetero) is 1. The van der Waals surface area contributed by atoms with Crippen molar-refractivity contribution in [3.63, 3.8) is 0 Å². The van der Waals surface area contributed by atoms with Gasteiger partial charge in [0.25, 0.3) is 0 Å². The molecular formula is C18H23NO5. The highest BCUT2D eigenvalue weighted by molar-refractivity contribution is 6.01. The fourth-order valence-corrected chi connectivity index (χ4v) is 2.73. The Labute approximate surface area is 141 Å². The van der Waals surface area contributed by atoms with Gasteiger partial charge in [0.05, 0.1) is 20.3 Å². The van der Waals surface area contributed by atoms with Crippen molar-refractivity contribution in [3.8, 4) is 5.75 Å². The summed E-state index contributed by atoms with van der Waals surface area (Å²) in [4.78, 5) is 37.6. The van der Waals surface area contributed by atoms with Gasteiger partial charge in [0.15, 0.2) is 5.78 Å². The standard InChI is InChI=1S/C18H23NO5/c1-3-24-18(22)15-10-11-19(12-16(15)20)17(21)9-6-13-4-7-14(23-2)8-5-13/h4-5,7-8,15H,3,6,9-12H2,1-2H3. The lowest BCUT2D eigenvalue weighted by Gasteiger charge is -2.29. The topological polar surface area (TPSA) is 72.9 Å². The molecule has 0 bridgehead atoms. The SMILES string of the molecule is CCOC(=O)C1CCN(C(=O)CCc2ccc(OC)cc2)CC1=O. The lowest BCUT2D eigenvalue weighted by molar-refractivity contribution is -0.156. The summed E-state index contributed by atoms with van der Waals surface area (Å²) < 4.78 is 10.00. The molecule has 1 atom stereocenters. The molecule has 1 heterocycles. The van der Waals surface area contributed by atoms with E-state index in [4.69, 9.17) is 9.47 Å². The fourth-order valence-electron chi connectivity index (χ4n) is 2.73. The van der Waals surface area contributed by atoms with Crippen LogP contribution in [0.1, 0.15) is 25.3 Å². The maximum Gasteiger partial charge on any atom is 0.316 e. The quantitative estimate of drug-likeness (QED) is 0.584. The van der Waals surface area contributed by atoms with Crippen molar-refractivity contribution in [2.45, 2.75) is 26.2 Å². The number of nitrogens with zero attached hydrogens (tertiary/aromatic N) is 1. The summed E-state index contributed by atoms with van der Waals surface area (Å²) in [5.41, 5.74) is 1.04. The largest absolute Gasteiger partial charge is 0.497 e. The van der Waals surface area contributed by atoms with Crippen molar-refractivity contribution < 1.29 is 23.9 Å². The number of hydrogen-bond donors (Lipinski definition) is 0. The zero-order chi connectivity index (χ0) is 17.5. The first-order chi connectivity index (χ1) is 11.5. The second-order valence-corrected chi connectivity index (χ2v) is 5.72. The summed E-state index contributed by atoms with van der Waals surface area (Å²) in [6.07, 6.45) is 1.28. The molecule has 1 amide bonds. The Morgan fingerprint density at radius 1 is 1.25 bits per heavy atom. The molecule has 1 aliphatic heterocycles. The highest BCUT2D eigenvalue weighted by Crippen LogP contribution is 2.18. The summed E-state index contributed by atoms with van der Waals surface area (Å²) in [5.74, 6) is -0.737. The van der Waals surface area contributed by atoms with Crippen LogP contribution in [0.25, 0.3) is 0 Å². The van der Waals surface area contributed by atoms with E-state index in [9.17, 15) is 14.4 Å². The predicted octanol–water partition coefficient (Wildman–Crippen LogP) is 1.61. The zero-order valence-corrected chi connectivity index (χ0v) is 14.1. The Kier molecular flexibility index (Phi) is 6.35. The first-order valence-electron chi connectivity index (χ1n) is 8.15. The van der Waals surface area contributed by atoms with Crippen molar-refractivity contribution in [2.24, 2.45) is 5.92 Å². The van der Waals surface area contributed by atoms with Gasteiger partial charge in [-0.3, -0.25) is 14.4 Å². The van der Waals surface area contributed by atoms with E-state index < -0.39 is 11.9 Å². The highest BCUT2D eigenvalue weighted by Gasteiger charge is 2.34. The number of piperidine rings is 1. The highest BCUT2D eigenvalue weighted by atomic mass is 16.5. The number of amides is 1. The van der Waals surface area contributed by atoms with Crippen LogP contribution < -0.4 is 4.74 Å². The Morgan fingerprint density at radius 3 is 2.54 bits per heavy atom. The number of aryl methyl sites for hydroxylation is 1. The monoisotopic (exact) mass is 333 g/mol. The van der Waals surface area contributed by atoms with E-state index in [1.165, 1.54) is 4.90 Å². The van der Waals surface area contributed by atoms with Gasteiger partial charge >= 0.3 is 5.97 Å². The fraction of sp³-hybridized carbons (Fsp3) is 0.500. The van der Waals surface area contributed by atoms with E-state index in [0.29, 0.717) is 25.8 Å². The molecule has 1 saturated heterocycles. The van der Waals surface area contributed by atoms with Crippen molar-refractivity contribution >= 4 is 17.7 Å². The Balaban J connectivity index is 1.83. The van der Waals surface area contributed by atoms with Crippen molar-refractivity contribution in [3.05, 3.63) is 29.8 Å². The molecule has 0 N–H and O–H groups in total. The number of benzene rings is 1. The Hall–Kier alpha value is -2.37. The third-order valence-corrected chi connectivity index (χ3v) is 4.13. The van der Waals surface area contributed by atoms with Gasteiger partial charge < -0.3 is 14.4 Å². The summed E-state index contributed by atoms with van der Waals surface area (Å²) >= 11 is 0. The molecule has 1 aliphatic rings. The summed E-state index contributed by atoms with van der Waals surface area (Å²) in [6.45, 7) is 2.37. The van der Waals surface area contributed by atoms with Gasteiger partial charge in [-0.2, -0.15) is 0 Å². The van der Waals surface area contributed by atoms with Crippen molar-refractivity contribution in [1.29, 1.82) is 0 Å². The van der Waals surface area contributed by atoms with Gasteiger partial charge in [-0.15, -0.1) is 0 Å². The first kappa shape index (κ1) is 18.0. The van der Waals surface area contributed by atoms with Gasteiger partial charge in [-0.05, 0) is 37.5 Å². The van der Waals surface area contributed by atoms with Crippen LogP contribution in [0.2, 0.25) is 0 Å². The van der Waals surface area contributed by atoms with Gasteiger partial charge in [0.1, 0.15) is 11.7 Å². The molecule has 24 heavy (non-hydrogen) atoms. The maximum atomic E-state index is 12.3. The van der Waals surface area contributed by atoms with Gasteiger partial charge in [0, 0.05) is 13.0 Å². The molecule has 0 aliphatic carbocycles. The van der Waals surface area contributed by atoms with Crippen LogP contribution >= 0.6 is 0 Å². The normalized spacial score (nSPS) is 17.5. The van der Waals surface area contributed by atoms with E-state index in [0.717, 1.165) is 11.3 Å². The molecule has 0 saturated carbocycles. The van der Waals surface area contributed by atoms with E-state index in [2.05, 4.69) is 0 Å². The number of carbonyl (C=O) groups is 3. The van der Waals surface area contributed by atoms with Gasteiger partial charge in [-0.25, -0.2) is 0 Å². The molecule has 130 valence electrons. The molecule has 1 unspecified atom stereocenters. The zero-order valence-electron chi connectivity index (χ0n) is 14.1. The van der Waals surface area contributed by atoms with Crippen LogP contribution in [-0.4, -0.2) is 49.4 Å². The minimum Gasteiger partial charge on any atom is -0.497 e. The smallest absolute Gasteiger partial charge is 0.316 e. The average Bonchev–Trinajstić information content (AvgIpc) is 2.60. The van der Waals surface area contributed by atoms with Crippen LogP contribution in [0.3, 0.4) is 0 Å². The van der Waals surface area contributed by atoms with Crippen LogP contribution in [-0.2, 0) is 25.5 Å². The van der Waals surface area contributed by atoms with Crippen LogP contribution in [0, 0.1) is 5.92 Å². The summed E-state index contributed by atoms with van der Waals surface area (Å²) in [6, 6.07) is 7.55.